The molecule has 174 valence electrons. The van der Waals surface area contributed by atoms with Gasteiger partial charge < -0.3 is 25.6 Å². The van der Waals surface area contributed by atoms with Crippen LogP contribution in [0.15, 0.2) is 48.5 Å². The quantitative estimate of drug-likeness (QED) is 0.488. The van der Waals surface area contributed by atoms with E-state index >= 15 is 0 Å². The van der Waals surface area contributed by atoms with E-state index in [9.17, 15) is 24.6 Å². The van der Waals surface area contributed by atoms with Gasteiger partial charge in [-0.1, -0.05) is 48.5 Å². The fourth-order valence-corrected chi connectivity index (χ4v) is 4.53. The Morgan fingerprint density at radius 2 is 1.61 bits per heavy atom. The molecule has 4 rings (SSSR count). The van der Waals surface area contributed by atoms with Crippen molar-refractivity contribution in [2.75, 3.05) is 6.61 Å². The van der Waals surface area contributed by atoms with Gasteiger partial charge in [0.1, 0.15) is 12.1 Å². The molecule has 2 aromatic carbocycles. The average molecular weight is 453 g/mol. The summed E-state index contributed by atoms with van der Waals surface area (Å²) in [6, 6.07) is 14.5. The van der Waals surface area contributed by atoms with Crippen LogP contribution in [-0.2, 0) is 14.3 Å². The van der Waals surface area contributed by atoms with Gasteiger partial charge in [0.25, 0.3) is 0 Å². The summed E-state index contributed by atoms with van der Waals surface area (Å²) in [7, 11) is 0. The van der Waals surface area contributed by atoms with Crippen LogP contribution in [-0.4, -0.2) is 52.5 Å². The molecule has 0 bridgehead atoms. The van der Waals surface area contributed by atoms with Crippen LogP contribution in [0.1, 0.15) is 43.7 Å². The van der Waals surface area contributed by atoms with Gasteiger partial charge in [-0.25, -0.2) is 9.59 Å². The van der Waals surface area contributed by atoms with Gasteiger partial charge in [0.2, 0.25) is 5.91 Å². The second-order valence-electron chi connectivity index (χ2n) is 8.96. The zero-order chi connectivity index (χ0) is 23.8. The van der Waals surface area contributed by atoms with Crippen LogP contribution in [0.3, 0.4) is 0 Å². The van der Waals surface area contributed by atoms with Gasteiger partial charge in [-0.2, -0.15) is 0 Å². The number of nitrogens with one attached hydrogen (secondary N) is 2. The van der Waals surface area contributed by atoms with Crippen molar-refractivity contribution in [2.45, 2.75) is 50.3 Å². The fourth-order valence-electron chi connectivity index (χ4n) is 4.53. The number of carboxylic acid groups (broad SMARTS) is 1. The summed E-state index contributed by atoms with van der Waals surface area (Å²) in [6.07, 6.45) is -0.588. The highest BCUT2D eigenvalue weighted by Gasteiger charge is 2.50. The number of alkyl carbamates (subject to hydrolysis) is 1. The number of aliphatic hydroxyl groups excluding tert-OH is 1. The van der Waals surface area contributed by atoms with Crippen LogP contribution in [0.2, 0.25) is 0 Å². The van der Waals surface area contributed by atoms with E-state index < -0.39 is 35.7 Å². The highest BCUT2D eigenvalue weighted by molar-refractivity contribution is 5.93. The number of carbonyl (C=O) groups is 3. The van der Waals surface area contributed by atoms with Crippen molar-refractivity contribution in [3.63, 3.8) is 0 Å². The number of fused-ring (bicyclic) bond motifs is 3. The third kappa shape index (κ3) is 4.43. The maximum atomic E-state index is 12.9. The molecule has 4 N–H and O–H groups in total. The van der Waals surface area contributed by atoms with Crippen LogP contribution in [0, 0.1) is 5.92 Å². The van der Waals surface area contributed by atoms with E-state index in [0.717, 1.165) is 35.1 Å². The Morgan fingerprint density at radius 1 is 1.06 bits per heavy atom. The first kappa shape index (κ1) is 22.8. The van der Waals surface area contributed by atoms with E-state index in [-0.39, 0.29) is 18.4 Å². The zero-order valence-corrected chi connectivity index (χ0v) is 18.6. The molecule has 0 spiro atoms. The minimum Gasteiger partial charge on any atom is -0.480 e. The largest absolute Gasteiger partial charge is 0.480 e. The molecule has 1 fully saturated rings. The standard InChI is InChI=1S/C25H28N2O6/c1-14(28)21(22(29)30)26-23(31)25(2,15-11-12-15)27-24(32)33-13-20-18-9-5-3-7-16(18)17-8-4-6-10-19(17)20/h3-10,14-15,20-21,28H,11-13H2,1-2H3,(H,26,31)(H,27,32)(H,29,30)/t14-,21+,25?/m1/s1. The van der Waals surface area contributed by atoms with Gasteiger partial charge in [0.05, 0.1) is 6.10 Å². The molecular weight excluding hydrogens is 424 g/mol. The Hall–Kier alpha value is -3.39. The molecule has 3 atom stereocenters. The summed E-state index contributed by atoms with van der Waals surface area (Å²) >= 11 is 0. The van der Waals surface area contributed by atoms with Crippen molar-refractivity contribution < 1.29 is 29.3 Å². The molecule has 1 unspecified atom stereocenters. The van der Waals surface area contributed by atoms with E-state index in [1.165, 1.54) is 6.92 Å². The maximum Gasteiger partial charge on any atom is 0.408 e. The highest BCUT2D eigenvalue weighted by atomic mass is 16.5. The van der Waals surface area contributed by atoms with E-state index in [1.807, 2.05) is 48.5 Å². The predicted molar refractivity (Wildman–Crippen MR) is 121 cm³/mol. The molecule has 33 heavy (non-hydrogen) atoms. The van der Waals surface area contributed by atoms with E-state index in [1.54, 1.807) is 6.92 Å². The molecule has 0 aromatic heterocycles. The monoisotopic (exact) mass is 452 g/mol. The lowest BCUT2D eigenvalue weighted by molar-refractivity contribution is -0.146. The minimum absolute atomic E-state index is 0.105. The number of carbonyl (C=O) groups excluding carboxylic acids is 2. The summed E-state index contributed by atoms with van der Waals surface area (Å²) in [4.78, 5) is 37.1. The van der Waals surface area contributed by atoms with Crippen LogP contribution in [0.4, 0.5) is 4.79 Å². The van der Waals surface area contributed by atoms with E-state index in [0.29, 0.717) is 0 Å². The lowest BCUT2D eigenvalue weighted by Gasteiger charge is -2.31. The molecule has 2 aliphatic rings. The number of aliphatic carboxylic acids is 1. The molecule has 1 saturated carbocycles. The van der Waals surface area contributed by atoms with Crippen molar-refractivity contribution in [1.82, 2.24) is 10.6 Å². The molecule has 0 radical (unpaired) electrons. The summed E-state index contributed by atoms with van der Waals surface area (Å²) in [5.41, 5.74) is 3.04. The number of hydrogen-bond donors (Lipinski definition) is 4. The fraction of sp³-hybridized carbons (Fsp3) is 0.400. The van der Waals surface area contributed by atoms with Crippen LogP contribution < -0.4 is 10.6 Å². The van der Waals surface area contributed by atoms with E-state index in [2.05, 4.69) is 10.6 Å². The third-order valence-corrected chi connectivity index (χ3v) is 6.61. The van der Waals surface area contributed by atoms with Gasteiger partial charge >= 0.3 is 12.1 Å². The van der Waals surface area contributed by atoms with Crippen molar-refractivity contribution in [3.05, 3.63) is 59.7 Å². The molecule has 2 aliphatic carbocycles. The Bertz CT molecular complexity index is 1030. The Kier molecular flexibility index (Phi) is 6.12. The topological polar surface area (TPSA) is 125 Å². The van der Waals surface area contributed by atoms with Crippen LogP contribution >= 0.6 is 0 Å². The lowest BCUT2D eigenvalue weighted by atomic mass is 9.94. The molecular formula is C25H28N2O6. The number of rotatable bonds is 8. The van der Waals surface area contributed by atoms with E-state index in [4.69, 9.17) is 4.74 Å². The maximum absolute atomic E-state index is 12.9. The molecule has 8 heteroatoms. The first-order chi connectivity index (χ1) is 15.7. The zero-order valence-electron chi connectivity index (χ0n) is 18.6. The van der Waals surface area contributed by atoms with Crippen LogP contribution in [0.25, 0.3) is 11.1 Å². The van der Waals surface area contributed by atoms with Crippen LogP contribution in [0.5, 0.6) is 0 Å². The van der Waals surface area contributed by atoms with Crippen molar-refractivity contribution >= 4 is 18.0 Å². The first-order valence-electron chi connectivity index (χ1n) is 11.1. The first-order valence-corrected chi connectivity index (χ1v) is 11.1. The molecule has 8 nitrogen and oxygen atoms in total. The van der Waals surface area contributed by atoms with Gasteiger partial charge in [-0.15, -0.1) is 0 Å². The summed E-state index contributed by atoms with van der Waals surface area (Å²) < 4.78 is 5.57. The minimum atomic E-state index is -1.47. The Morgan fingerprint density at radius 3 is 2.09 bits per heavy atom. The second kappa shape index (κ2) is 8.86. The van der Waals surface area contributed by atoms with Gasteiger partial charge in [0, 0.05) is 5.92 Å². The van der Waals surface area contributed by atoms with Crippen molar-refractivity contribution in [1.29, 1.82) is 0 Å². The molecule has 0 aliphatic heterocycles. The number of aliphatic hydroxyl groups is 1. The molecule has 2 amide bonds. The number of ether oxygens (including phenoxy) is 1. The van der Waals surface area contributed by atoms with Gasteiger partial charge in [-0.05, 0) is 54.9 Å². The van der Waals surface area contributed by atoms with Crippen molar-refractivity contribution in [3.8, 4) is 11.1 Å². The number of hydrogen-bond acceptors (Lipinski definition) is 5. The second-order valence-corrected chi connectivity index (χ2v) is 8.96. The normalized spacial score (nSPS) is 18.3. The molecule has 0 saturated heterocycles. The van der Waals surface area contributed by atoms with Gasteiger partial charge in [0.15, 0.2) is 6.04 Å². The Balaban J connectivity index is 1.45. The van der Waals surface area contributed by atoms with Crippen molar-refractivity contribution in [2.24, 2.45) is 5.92 Å². The third-order valence-electron chi connectivity index (χ3n) is 6.61. The number of benzene rings is 2. The number of carboxylic acids is 1. The molecule has 0 heterocycles. The smallest absolute Gasteiger partial charge is 0.408 e. The van der Waals surface area contributed by atoms with Gasteiger partial charge in [-0.3, -0.25) is 4.79 Å². The predicted octanol–water partition coefficient (Wildman–Crippen LogP) is 2.64. The lowest BCUT2D eigenvalue weighted by Crippen LogP contribution is -2.62. The number of amides is 2. The Labute approximate surface area is 192 Å². The molecule has 2 aromatic rings. The highest BCUT2D eigenvalue weighted by Crippen LogP contribution is 2.44. The summed E-state index contributed by atoms with van der Waals surface area (Å²) in [6.45, 7) is 2.95. The average Bonchev–Trinajstić information content (AvgIpc) is 3.59. The summed E-state index contributed by atoms with van der Waals surface area (Å²) in [5, 5.41) is 24.0. The SMILES string of the molecule is C[C@@H](O)[C@H](NC(=O)C(C)(NC(=O)OCC1c2ccccc2-c2ccccc21)C1CC1)C(=O)O. The summed E-state index contributed by atoms with van der Waals surface area (Å²) in [5.74, 6) is -2.26.